The fourth-order valence-corrected chi connectivity index (χ4v) is 4.83. The van der Waals surface area contributed by atoms with Crippen LogP contribution >= 0.6 is 0 Å². The van der Waals surface area contributed by atoms with Crippen molar-refractivity contribution < 1.29 is 4.79 Å². The van der Waals surface area contributed by atoms with E-state index in [9.17, 15) is 10.1 Å². The number of nitrogens with zero attached hydrogens (tertiary/aromatic N) is 4. The largest absolute Gasteiger partial charge is 0.356 e. The molecule has 3 heterocycles. The van der Waals surface area contributed by atoms with Crippen LogP contribution in [-0.4, -0.2) is 41.6 Å². The van der Waals surface area contributed by atoms with Gasteiger partial charge in [0.25, 0.3) is 0 Å². The number of rotatable bonds is 3. The summed E-state index contributed by atoms with van der Waals surface area (Å²) in [5.41, 5.74) is 1.48. The van der Waals surface area contributed by atoms with Gasteiger partial charge in [0.2, 0.25) is 0 Å². The maximum absolute atomic E-state index is 13.1. The number of urea groups is 1. The number of piperidine rings is 1. The fraction of sp³-hybridized carbons (Fsp3) is 0.458. The Labute approximate surface area is 178 Å². The highest BCUT2D eigenvalue weighted by Gasteiger charge is 2.34. The van der Waals surface area contributed by atoms with Crippen LogP contribution in [0.2, 0.25) is 0 Å². The van der Waals surface area contributed by atoms with E-state index >= 15 is 0 Å². The molecule has 6 nitrogen and oxygen atoms in total. The molecular weight excluding hydrogens is 374 g/mol. The minimum Gasteiger partial charge on any atom is -0.356 e. The van der Waals surface area contributed by atoms with Crippen molar-refractivity contribution in [3.63, 3.8) is 0 Å². The number of likely N-dealkylation sites (tertiary alicyclic amines) is 1. The second-order valence-electron chi connectivity index (χ2n) is 8.22. The first kappa shape index (κ1) is 20.2. The van der Waals surface area contributed by atoms with E-state index in [2.05, 4.69) is 26.2 Å². The predicted molar refractivity (Wildman–Crippen MR) is 118 cm³/mol. The minimum atomic E-state index is 0.0204. The van der Waals surface area contributed by atoms with Gasteiger partial charge >= 0.3 is 6.03 Å². The average molecular weight is 404 g/mol. The zero-order valence-corrected chi connectivity index (χ0v) is 17.3. The molecule has 1 aromatic carbocycles. The van der Waals surface area contributed by atoms with E-state index in [1.165, 1.54) is 12.8 Å². The molecule has 1 atom stereocenters. The van der Waals surface area contributed by atoms with E-state index < -0.39 is 0 Å². The van der Waals surface area contributed by atoms with E-state index in [4.69, 9.17) is 0 Å². The highest BCUT2D eigenvalue weighted by Crippen LogP contribution is 2.32. The van der Waals surface area contributed by atoms with Gasteiger partial charge in [-0.2, -0.15) is 5.26 Å². The van der Waals surface area contributed by atoms with Crippen LogP contribution < -0.4 is 10.2 Å². The van der Waals surface area contributed by atoms with Crippen molar-refractivity contribution in [3.8, 4) is 6.07 Å². The molecule has 0 saturated carbocycles. The summed E-state index contributed by atoms with van der Waals surface area (Å²) < 4.78 is 0. The van der Waals surface area contributed by atoms with Gasteiger partial charge in [0.05, 0.1) is 5.56 Å². The smallest absolute Gasteiger partial charge is 0.322 e. The Kier molecular flexibility index (Phi) is 6.48. The van der Waals surface area contributed by atoms with Crippen molar-refractivity contribution in [2.45, 2.75) is 44.6 Å². The molecule has 2 aliphatic rings. The Bertz CT molecular complexity index is 886. The Balaban J connectivity index is 1.43. The number of nitriles is 1. The molecule has 4 rings (SSSR count). The first-order chi connectivity index (χ1) is 14.8. The number of hydrogen-bond donors (Lipinski definition) is 1. The van der Waals surface area contributed by atoms with Gasteiger partial charge in [-0.05, 0) is 55.9 Å². The summed E-state index contributed by atoms with van der Waals surface area (Å²) >= 11 is 0. The van der Waals surface area contributed by atoms with Gasteiger partial charge < -0.3 is 15.1 Å². The molecule has 2 fully saturated rings. The minimum absolute atomic E-state index is 0.0204. The molecule has 2 aliphatic heterocycles. The molecule has 0 bridgehead atoms. The second kappa shape index (κ2) is 9.62. The first-order valence-electron chi connectivity index (χ1n) is 11.0. The number of para-hydroxylation sites is 1. The number of aromatic nitrogens is 1. The van der Waals surface area contributed by atoms with Gasteiger partial charge in [0, 0.05) is 37.6 Å². The summed E-state index contributed by atoms with van der Waals surface area (Å²) in [5, 5.41) is 12.5. The summed E-state index contributed by atoms with van der Waals surface area (Å²) in [7, 11) is 0. The summed E-state index contributed by atoms with van der Waals surface area (Å²) in [6.45, 7) is 2.57. The van der Waals surface area contributed by atoms with Crippen LogP contribution in [0, 0.1) is 17.2 Å². The van der Waals surface area contributed by atoms with Gasteiger partial charge in [-0.25, -0.2) is 9.78 Å². The third-order valence-corrected chi connectivity index (χ3v) is 6.38. The Morgan fingerprint density at radius 2 is 1.80 bits per heavy atom. The highest BCUT2D eigenvalue weighted by molar-refractivity contribution is 5.89. The lowest BCUT2D eigenvalue weighted by atomic mass is 9.86. The molecule has 0 radical (unpaired) electrons. The lowest BCUT2D eigenvalue weighted by Gasteiger charge is -2.41. The van der Waals surface area contributed by atoms with Crippen LogP contribution in [0.5, 0.6) is 0 Å². The summed E-state index contributed by atoms with van der Waals surface area (Å²) in [5.74, 6) is 1.27. The molecule has 1 unspecified atom stereocenters. The molecule has 1 aromatic heterocycles. The van der Waals surface area contributed by atoms with Crippen molar-refractivity contribution in [1.82, 2.24) is 9.88 Å². The van der Waals surface area contributed by atoms with Gasteiger partial charge in [0.15, 0.2) is 0 Å². The van der Waals surface area contributed by atoms with E-state index in [0.29, 0.717) is 11.5 Å². The first-order valence-corrected chi connectivity index (χ1v) is 11.0. The van der Waals surface area contributed by atoms with Crippen molar-refractivity contribution in [2.24, 2.45) is 5.92 Å². The molecular formula is C24H29N5O. The molecule has 2 saturated heterocycles. The number of carbonyl (C=O) groups excluding carboxylic acids is 1. The number of nitrogens with one attached hydrogen (secondary N) is 1. The molecule has 1 N–H and O–H groups in total. The number of pyridine rings is 1. The van der Waals surface area contributed by atoms with Gasteiger partial charge in [0.1, 0.15) is 11.9 Å². The van der Waals surface area contributed by atoms with E-state index in [1.54, 1.807) is 6.20 Å². The van der Waals surface area contributed by atoms with Crippen molar-refractivity contribution in [3.05, 3.63) is 54.2 Å². The molecule has 156 valence electrons. The van der Waals surface area contributed by atoms with Crippen LogP contribution in [-0.2, 0) is 0 Å². The van der Waals surface area contributed by atoms with Crippen LogP contribution in [0.15, 0.2) is 48.7 Å². The summed E-state index contributed by atoms with van der Waals surface area (Å²) in [6.07, 6.45) is 8.28. The monoisotopic (exact) mass is 403 g/mol. The molecule has 2 aromatic rings. The number of hydrogen-bond acceptors (Lipinski definition) is 4. The molecule has 6 heteroatoms. The molecule has 0 aliphatic carbocycles. The number of carbonyl (C=O) groups is 1. The zero-order valence-electron chi connectivity index (χ0n) is 17.3. The van der Waals surface area contributed by atoms with Gasteiger partial charge in [-0.3, -0.25) is 0 Å². The highest BCUT2D eigenvalue weighted by atomic mass is 16.2. The van der Waals surface area contributed by atoms with E-state index in [0.717, 1.165) is 56.8 Å². The van der Waals surface area contributed by atoms with Crippen LogP contribution in [0.3, 0.4) is 0 Å². The summed E-state index contributed by atoms with van der Waals surface area (Å²) in [6, 6.07) is 15.9. The number of anilines is 2. The Morgan fingerprint density at radius 1 is 1.00 bits per heavy atom. The maximum Gasteiger partial charge on any atom is 0.322 e. The SMILES string of the molecule is N#Cc1cccnc1N1CCC(C2CCCCCN2C(=O)Nc2ccccc2)CC1. The van der Waals surface area contributed by atoms with Gasteiger partial charge in [-0.15, -0.1) is 0 Å². The Morgan fingerprint density at radius 3 is 2.57 bits per heavy atom. The van der Waals surface area contributed by atoms with Crippen LogP contribution in [0.1, 0.15) is 44.1 Å². The Hall–Kier alpha value is -3.07. The lowest BCUT2D eigenvalue weighted by molar-refractivity contribution is 0.146. The number of benzene rings is 1. The van der Waals surface area contributed by atoms with Crippen LogP contribution in [0.4, 0.5) is 16.3 Å². The predicted octanol–water partition coefficient (Wildman–Crippen LogP) is 4.65. The zero-order chi connectivity index (χ0) is 20.8. The molecule has 30 heavy (non-hydrogen) atoms. The topological polar surface area (TPSA) is 72.3 Å². The van der Waals surface area contributed by atoms with E-state index in [-0.39, 0.29) is 12.1 Å². The quantitative estimate of drug-likeness (QED) is 0.810. The van der Waals surface area contributed by atoms with Crippen molar-refractivity contribution in [1.29, 1.82) is 5.26 Å². The van der Waals surface area contributed by atoms with Crippen molar-refractivity contribution in [2.75, 3.05) is 29.9 Å². The molecule has 0 spiro atoms. The fourth-order valence-electron chi connectivity index (χ4n) is 4.83. The maximum atomic E-state index is 13.1. The van der Waals surface area contributed by atoms with Gasteiger partial charge in [-0.1, -0.05) is 31.0 Å². The molecule has 2 amide bonds. The average Bonchev–Trinajstić information content (AvgIpc) is 3.06. The number of amides is 2. The normalized spacial score (nSPS) is 20.3. The van der Waals surface area contributed by atoms with Crippen molar-refractivity contribution >= 4 is 17.5 Å². The summed E-state index contributed by atoms with van der Waals surface area (Å²) in [4.78, 5) is 21.9. The third-order valence-electron chi connectivity index (χ3n) is 6.38. The standard InChI is InChI=1S/C24H29N5O/c25-18-20-8-7-14-26-23(20)28-16-12-19(13-17-28)22-11-5-2-6-15-29(22)24(30)27-21-9-3-1-4-10-21/h1,3-4,7-10,14,19,22H,2,5-6,11-13,15-17H2,(H,27,30). The van der Waals surface area contributed by atoms with Crippen LogP contribution in [0.25, 0.3) is 0 Å². The lowest BCUT2D eigenvalue weighted by Crippen LogP contribution is -2.49. The second-order valence-corrected chi connectivity index (χ2v) is 8.22. The third kappa shape index (κ3) is 4.56. The van der Waals surface area contributed by atoms with E-state index in [1.807, 2.05) is 42.5 Å².